The summed E-state index contributed by atoms with van der Waals surface area (Å²) in [5.41, 5.74) is 3.49. The van der Waals surface area contributed by atoms with Crippen LogP contribution >= 0.6 is 12.9 Å². The van der Waals surface area contributed by atoms with E-state index in [1.165, 1.54) is 24.8 Å². The van der Waals surface area contributed by atoms with Crippen LogP contribution in [0.4, 0.5) is 5.69 Å². The second-order valence-electron chi connectivity index (χ2n) is 7.61. The molecule has 3 nitrogen and oxygen atoms in total. The van der Waals surface area contributed by atoms with Crippen LogP contribution < -0.4 is 9.64 Å². The molecule has 3 rings (SSSR count). The summed E-state index contributed by atoms with van der Waals surface area (Å²) in [6.07, 6.45) is 7.25. The molecule has 1 heterocycles. The first-order chi connectivity index (χ1) is 16.5. The van der Waals surface area contributed by atoms with Gasteiger partial charge in [0.05, 0.1) is 11.4 Å². The Hall–Kier alpha value is -2.43. The summed E-state index contributed by atoms with van der Waals surface area (Å²) in [5.74, 6) is 2.33. The number of thiol groups is 1. The summed E-state index contributed by atoms with van der Waals surface area (Å²) in [4.78, 5) is 2.17. The van der Waals surface area contributed by atoms with Crippen molar-refractivity contribution in [1.82, 2.24) is 0 Å². The van der Waals surface area contributed by atoms with Gasteiger partial charge >= 0.3 is 0 Å². The maximum absolute atomic E-state index is 6.69. The SMILES string of the molecule is C=CC1=C(C=C)N(CC)c2ccccc2O1.CCC.CCC.CCC(C)c1ccccc1.OS. The zero-order valence-corrected chi connectivity index (χ0v) is 23.3. The molecule has 0 saturated heterocycles. The van der Waals surface area contributed by atoms with Gasteiger partial charge in [-0.05, 0) is 62.0 Å². The standard InChI is InChI=1S/C14H15NO.C10H14.2C3H8.H2OS/c1-4-11-13(5-2)16-14-10-8-7-9-12(14)15(11)6-3;1-3-9(2)10-7-5-4-6-8-10;2*1-3-2;1-2/h4-5,7-10H,1-2,6H2,3H3;4-9H,3H2,1-2H3;2*3H2,1-2H3;1-2H. The third-order valence-electron chi connectivity index (χ3n) is 4.60. The number of rotatable bonds is 5. The Bertz CT molecular complexity index is 800. The molecule has 0 aliphatic carbocycles. The first kappa shape index (κ1) is 33.7. The van der Waals surface area contributed by atoms with E-state index in [1.807, 2.05) is 24.3 Å². The average Bonchev–Trinajstić information content (AvgIpc) is 2.89. The Balaban J connectivity index is 0. The van der Waals surface area contributed by atoms with Crippen molar-refractivity contribution in [2.45, 2.75) is 73.6 Å². The minimum Gasteiger partial charge on any atom is -0.453 e. The molecular weight excluding hydrogens is 438 g/mol. The summed E-state index contributed by atoms with van der Waals surface area (Å²) in [7, 11) is 0. The van der Waals surface area contributed by atoms with E-state index in [-0.39, 0.29) is 0 Å². The average molecular weight is 486 g/mol. The van der Waals surface area contributed by atoms with Crippen LogP contribution in [0.5, 0.6) is 5.75 Å². The summed E-state index contributed by atoms with van der Waals surface area (Å²) in [6, 6.07) is 18.6. The third-order valence-corrected chi connectivity index (χ3v) is 4.60. The Kier molecular flexibility index (Phi) is 22.2. The number of para-hydroxylation sites is 2. The Morgan fingerprint density at radius 1 is 0.853 bits per heavy atom. The third kappa shape index (κ3) is 12.2. The van der Waals surface area contributed by atoms with Gasteiger partial charge in [-0.2, -0.15) is 0 Å². The molecule has 0 amide bonds. The molecule has 2 aromatic carbocycles. The number of allylic oxidation sites excluding steroid dienone is 2. The van der Waals surface area contributed by atoms with Crippen molar-refractivity contribution in [3.05, 3.63) is 96.9 Å². The van der Waals surface area contributed by atoms with E-state index < -0.39 is 0 Å². The summed E-state index contributed by atoms with van der Waals surface area (Å²) in [6.45, 7) is 23.5. The Morgan fingerprint density at radius 3 is 1.79 bits per heavy atom. The van der Waals surface area contributed by atoms with Crippen LogP contribution in [0.25, 0.3) is 0 Å². The summed E-state index contributed by atoms with van der Waals surface area (Å²) < 4.78 is 12.5. The quantitative estimate of drug-likeness (QED) is 0.326. The van der Waals surface area contributed by atoms with E-state index in [9.17, 15) is 0 Å². The number of benzene rings is 2. The highest BCUT2D eigenvalue weighted by Gasteiger charge is 2.21. The fraction of sp³-hybridized carbons (Fsp3) is 0.400. The molecule has 0 radical (unpaired) electrons. The van der Waals surface area contributed by atoms with Crippen LogP contribution in [0.3, 0.4) is 0 Å². The first-order valence-electron chi connectivity index (χ1n) is 12.3. The van der Waals surface area contributed by atoms with E-state index in [0.717, 1.165) is 29.4 Å². The van der Waals surface area contributed by atoms with Crippen LogP contribution in [0, 0.1) is 0 Å². The van der Waals surface area contributed by atoms with Crippen LogP contribution in [0.1, 0.15) is 79.2 Å². The normalized spacial score (nSPS) is 11.7. The maximum atomic E-state index is 6.69. The lowest BCUT2D eigenvalue weighted by Gasteiger charge is -2.32. The van der Waals surface area contributed by atoms with Crippen LogP contribution in [0.2, 0.25) is 0 Å². The fourth-order valence-electron chi connectivity index (χ4n) is 2.91. The van der Waals surface area contributed by atoms with E-state index in [0.29, 0.717) is 5.92 Å². The largest absolute Gasteiger partial charge is 0.453 e. The van der Waals surface area contributed by atoms with Gasteiger partial charge in [0.25, 0.3) is 0 Å². The van der Waals surface area contributed by atoms with E-state index >= 15 is 0 Å². The van der Waals surface area contributed by atoms with Crippen LogP contribution in [0.15, 0.2) is 91.4 Å². The molecule has 0 spiro atoms. The maximum Gasteiger partial charge on any atom is 0.151 e. The second kappa shape index (κ2) is 22.4. The first-order valence-corrected chi connectivity index (χ1v) is 12.7. The molecule has 0 saturated carbocycles. The smallest absolute Gasteiger partial charge is 0.151 e. The molecule has 190 valence electrons. The molecule has 2 aromatic rings. The lowest BCUT2D eigenvalue weighted by Crippen LogP contribution is -2.27. The van der Waals surface area contributed by atoms with Gasteiger partial charge < -0.3 is 14.2 Å². The number of nitrogens with zero attached hydrogens (tertiary/aromatic N) is 1. The summed E-state index contributed by atoms with van der Waals surface area (Å²) in [5, 5.41) is 0. The van der Waals surface area contributed by atoms with Gasteiger partial charge in [0.1, 0.15) is 0 Å². The molecule has 34 heavy (non-hydrogen) atoms. The fourth-order valence-corrected chi connectivity index (χ4v) is 2.91. The Labute approximate surface area is 215 Å². The summed E-state index contributed by atoms with van der Waals surface area (Å²) >= 11 is 2.53. The van der Waals surface area contributed by atoms with Gasteiger partial charge in [0.2, 0.25) is 0 Å². The van der Waals surface area contributed by atoms with E-state index in [4.69, 9.17) is 9.29 Å². The predicted octanol–water partition coefficient (Wildman–Crippen LogP) is 9.91. The molecule has 0 fully saturated rings. The molecular formula is C30H47NO2S. The molecule has 1 N–H and O–H groups in total. The highest BCUT2D eigenvalue weighted by Crippen LogP contribution is 2.37. The minimum absolute atomic E-state index is 0.709. The highest BCUT2D eigenvalue weighted by molar-refractivity contribution is 7.74. The monoisotopic (exact) mass is 485 g/mol. The second-order valence-corrected chi connectivity index (χ2v) is 7.61. The minimum atomic E-state index is 0.709. The zero-order valence-electron chi connectivity index (χ0n) is 22.4. The van der Waals surface area contributed by atoms with Crippen molar-refractivity contribution in [2.75, 3.05) is 11.4 Å². The number of likely N-dealkylation sites (N-methyl/N-ethyl adjacent to an activating group) is 1. The number of hydrogen-bond acceptors (Lipinski definition) is 4. The number of ether oxygens (including phenoxy) is 1. The van der Waals surface area contributed by atoms with Gasteiger partial charge in [-0.15, -0.1) is 0 Å². The molecule has 0 aromatic heterocycles. The van der Waals surface area contributed by atoms with Crippen molar-refractivity contribution in [3.63, 3.8) is 0 Å². The van der Waals surface area contributed by atoms with Gasteiger partial charge in [-0.1, -0.05) is 110 Å². The lowest BCUT2D eigenvalue weighted by atomic mass is 9.99. The van der Waals surface area contributed by atoms with E-state index in [2.05, 4.69) is 110 Å². The molecule has 1 atom stereocenters. The van der Waals surface area contributed by atoms with Gasteiger partial charge in [-0.3, -0.25) is 0 Å². The van der Waals surface area contributed by atoms with Gasteiger partial charge in [-0.25, -0.2) is 0 Å². The van der Waals surface area contributed by atoms with Crippen molar-refractivity contribution >= 4 is 18.6 Å². The molecule has 1 aliphatic rings. The number of anilines is 1. The molecule has 1 unspecified atom stereocenters. The Morgan fingerprint density at radius 2 is 1.35 bits per heavy atom. The van der Waals surface area contributed by atoms with Crippen molar-refractivity contribution in [3.8, 4) is 5.75 Å². The van der Waals surface area contributed by atoms with Crippen LogP contribution in [-0.2, 0) is 0 Å². The van der Waals surface area contributed by atoms with Crippen molar-refractivity contribution in [2.24, 2.45) is 0 Å². The molecule has 0 bridgehead atoms. The number of fused-ring (bicyclic) bond motifs is 1. The van der Waals surface area contributed by atoms with Crippen LogP contribution in [-0.4, -0.2) is 11.1 Å². The van der Waals surface area contributed by atoms with Gasteiger partial charge in [0, 0.05) is 6.54 Å². The number of hydrogen-bond donors (Lipinski definition) is 2. The predicted molar refractivity (Wildman–Crippen MR) is 156 cm³/mol. The van der Waals surface area contributed by atoms with E-state index in [1.54, 1.807) is 12.2 Å². The lowest BCUT2D eigenvalue weighted by molar-refractivity contribution is 0.428. The van der Waals surface area contributed by atoms with Crippen molar-refractivity contribution in [1.29, 1.82) is 0 Å². The zero-order chi connectivity index (χ0) is 26.4. The van der Waals surface area contributed by atoms with Gasteiger partial charge in [0.15, 0.2) is 11.5 Å². The van der Waals surface area contributed by atoms with Crippen molar-refractivity contribution < 1.29 is 9.29 Å². The molecule has 1 aliphatic heterocycles. The highest BCUT2D eigenvalue weighted by atomic mass is 32.1. The topological polar surface area (TPSA) is 32.7 Å². The molecule has 4 heteroatoms.